The molecule has 0 saturated carbocycles. The molecule has 25 heavy (non-hydrogen) atoms. The van der Waals surface area contributed by atoms with Gasteiger partial charge >= 0.3 is 0 Å². The Hall–Kier alpha value is -2.54. The van der Waals surface area contributed by atoms with Gasteiger partial charge in [-0.25, -0.2) is 9.97 Å². The van der Waals surface area contributed by atoms with Crippen molar-refractivity contribution in [1.29, 1.82) is 0 Å². The summed E-state index contributed by atoms with van der Waals surface area (Å²) in [5.74, 6) is 0.903. The monoisotopic (exact) mass is 353 g/mol. The molecule has 0 spiro atoms. The van der Waals surface area contributed by atoms with Gasteiger partial charge in [-0.05, 0) is 37.3 Å². The molecule has 6 nitrogen and oxygen atoms in total. The van der Waals surface area contributed by atoms with Gasteiger partial charge in [-0.2, -0.15) is 0 Å². The maximum absolute atomic E-state index is 13.0. The summed E-state index contributed by atoms with van der Waals surface area (Å²) in [5.41, 5.74) is 14.9. The molecule has 2 aromatic heterocycles. The number of nitrogens with zero attached hydrogens (tertiary/aromatic N) is 3. The van der Waals surface area contributed by atoms with Crippen LogP contribution in [0.5, 0.6) is 0 Å². The van der Waals surface area contributed by atoms with E-state index in [0.717, 1.165) is 30.5 Å². The standard InChI is InChI=1S/C18H19N5OS/c19-15-9-16(20)22-18(21-15)25-10-17(24)23-13-7-3-1-5-11(13)12-6-2-4-8-14(12)23/h1,3,5,7,9H,2,4,6,8,10H2,(H4,19,20,21,22). The van der Waals surface area contributed by atoms with Crippen LogP contribution in [0.15, 0.2) is 35.5 Å². The molecule has 128 valence electrons. The van der Waals surface area contributed by atoms with Crippen LogP contribution in [0.25, 0.3) is 10.9 Å². The van der Waals surface area contributed by atoms with Crippen LogP contribution in [-0.4, -0.2) is 26.2 Å². The summed E-state index contributed by atoms with van der Waals surface area (Å²) in [6, 6.07) is 9.64. The molecular formula is C18H19N5OS. The number of fused-ring (bicyclic) bond motifs is 3. The van der Waals surface area contributed by atoms with Crippen LogP contribution in [0, 0.1) is 0 Å². The lowest BCUT2D eigenvalue weighted by Crippen LogP contribution is -2.18. The van der Waals surface area contributed by atoms with Gasteiger partial charge in [0.25, 0.3) is 0 Å². The average molecular weight is 353 g/mol. The van der Waals surface area contributed by atoms with E-state index in [0.29, 0.717) is 16.8 Å². The second-order valence-electron chi connectivity index (χ2n) is 6.17. The molecule has 0 radical (unpaired) electrons. The topological polar surface area (TPSA) is 99.8 Å². The zero-order chi connectivity index (χ0) is 17.4. The summed E-state index contributed by atoms with van der Waals surface area (Å²) >= 11 is 1.26. The van der Waals surface area contributed by atoms with Crippen molar-refractivity contribution in [3.8, 4) is 0 Å². The fourth-order valence-corrected chi connectivity index (χ4v) is 4.22. The van der Waals surface area contributed by atoms with Gasteiger partial charge in [0.2, 0.25) is 5.91 Å². The molecular weight excluding hydrogens is 334 g/mol. The van der Waals surface area contributed by atoms with Gasteiger partial charge in [0, 0.05) is 17.1 Å². The number of carbonyl (C=O) groups is 1. The van der Waals surface area contributed by atoms with Crippen LogP contribution in [0.4, 0.5) is 11.6 Å². The Bertz CT molecular complexity index is 945. The van der Waals surface area contributed by atoms with E-state index < -0.39 is 0 Å². The molecule has 0 fully saturated rings. The SMILES string of the molecule is Nc1cc(N)nc(SCC(=O)n2c3c(c4ccccc42)CCCC3)n1. The highest BCUT2D eigenvalue weighted by molar-refractivity contribution is 7.99. The van der Waals surface area contributed by atoms with Gasteiger partial charge in [-0.15, -0.1) is 0 Å². The Kier molecular flexibility index (Phi) is 4.09. The van der Waals surface area contributed by atoms with Crippen molar-refractivity contribution in [3.05, 3.63) is 41.6 Å². The predicted octanol–water partition coefficient (Wildman–Crippen LogP) is 2.91. The van der Waals surface area contributed by atoms with Crippen LogP contribution in [0.3, 0.4) is 0 Å². The van der Waals surface area contributed by atoms with E-state index in [2.05, 4.69) is 16.0 Å². The van der Waals surface area contributed by atoms with E-state index in [1.165, 1.54) is 35.2 Å². The van der Waals surface area contributed by atoms with Crippen LogP contribution in [0.2, 0.25) is 0 Å². The number of hydrogen-bond acceptors (Lipinski definition) is 6. The van der Waals surface area contributed by atoms with Crippen molar-refractivity contribution in [2.24, 2.45) is 0 Å². The van der Waals surface area contributed by atoms with Crippen LogP contribution >= 0.6 is 11.8 Å². The molecule has 0 saturated heterocycles. The van der Waals surface area contributed by atoms with E-state index in [4.69, 9.17) is 11.5 Å². The first-order valence-corrected chi connectivity index (χ1v) is 9.29. The van der Waals surface area contributed by atoms with Crippen molar-refractivity contribution in [2.45, 2.75) is 30.8 Å². The summed E-state index contributed by atoms with van der Waals surface area (Å²) in [7, 11) is 0. The van der Waals surface area contributed by atoms with E-state index >= 15 is 0 Å². The van der Waals surface area contributed by atoms with Crippen molar-refractivity contribution in [3.63, 3.8) is 0 Å². The number of aromatic nitrogens is 3. The highest BCUT2D eigenvalue weighted by atomic mass is 32.2. The zero-order valence-electron chi connectivity index (χ0n) is 13.7. The molecule has 0 aliphatic heterocycles. The summed E-state index contributed by atoms with van der Waals surface area (Å²) in [5, 5.41) is 1.62. The van der Waals surface area contributed by atoms with Crippen LogP contribution < -0.4 is 11.5 Å². The molecule has 0 unspecified atom stereocenters. The van der Waals surface area contributed by atoms with E-state index in [-0.39, 0.29) is 11.7 Å². The van der Waals surface area contributed by atoms with Gasteiger partial charge in [-0.3, -0.25) is 9.36 Å². The number of benzene rings is 1. The minimum absolute atomic E-state index is 0.0361. The van der Waals surface area contributed by atoms with Crippen molar-refractivity contribution < 1.29 is 4.79 Å². The Balaban J connectivity index is 1.66. The van der Waals surface area contributed by atoms with E-state index in [9.17, 15) is 4.79 Å². The Labute approximate surface area is 149 Å². The second kappa shape index (κ2) is 6.40. The smallest absolute Gasteiger partial charge is 0.241 e. The van der Waals surface area contributed by atoms with Crippen LogP contribution in [-0.2, 0) is 12.8 Å². The molecule has 1 aliphatic carbocycles. The molecule has 3 aromatic rings. The quantitative estimate of drug-likeness (QED) is 0.555. The molecule has 0 amide bonds. The Morgan fingerprint density at radius 1 is 1.12 bits per heavy atom. The van der Waals surface area contributed by atoms with Gasteiger partial charge in [0.15, 0.2) is 5.16 Å². The lowest BCUT2D eigenvalue weighted by atomic mass is 9.96. The summed E-state index contributed by atoms with van der Waals surface area (Å²) in [6.07, 6.45) is 4.29. The highest BCUT2D eigenvalue weighted by Crippen LogP contribution is 2.32. The fraction of sp³-hybridized carbons (Fsp3) is 0.278. The molecule has 4 rings (SSSR count). The predicted molar refractivity (Wildman–Crippen MR) is 101 cm³/mol. The molecule has 4 N–H and O–H groups in total. The zero-order valence-corrected chi connectivity index (χ0v) is 14.6. The van der Waals surface area contributed by atoms with Gasteiger partial charge in [-0.1, -0.05) is 30.0 Å². The number of anilines is 2. The maximum Gasteiger partial charge on any atom is 0.241 e. The molecule has 7 heteroatoms. The summed E-state index contributed by atoms with van der Waals surface area (Å²) < 4.78 is 1.88. The lowest BCUT2D eigenvalue weighted by molar-refractivity contribution is 0.0943. The first-order chi connectivity index (χ1) is 12.1. The molecule has 0 bridgehead atoms. The largest absolute Gasteiger partial charge is 0.383 e. The van der Waals surface area contributed by atoms with Crippen molar-refractivity contribution in [2.75, 3.05) is 17.2 Å². The summed E-state index contributed by atoms with van der Waals surface area (Å²) in [4.78, 5) is 21.2. The first-order valence-electron chi connectivity index (χ1n) is 8.30. The van der Waals surface area contributed by atoms with Crippen molar-refractivity contribution in [1.82, 2.24) is 14.5 Å². The maximum atomic E-state index is 13.0. The third-order valence-corrected chi connectivity index (χ3v) is 5.33. The van der Waals surface area contributed by atoms with E-state index in [1.54, 1.807) is 0 Å². The molecule has 1 aliphatic rings. The summed E-state index contributed by atoms with van der Waals surface area (Å²) in [6.45, 7) is 0. The Morgan fingerprint density at radius 2 is 1.84 bits per heavy atom. The number of para-hydroxylation sites is 1. The second-order valence-corrected chi connectivity index (χ2v) is 7.11. The van der Waals surface area contributed by atoms with Gasteiger partial charge < -0.3 is 11.5 Å². The average Bonchev–Trinajstić information content (AvgIpc) is 2.93. The number of aryl methyl sites for hydroxylation is 1. The van der Waals surface area contributed by atoms with Gasteiger partial charge in [0.1, 0.15) is 11.6 Å². The molecule has 0 atom stereocenters. The minimum atomic E-state index is 0.0361. The first kappa shape index (κ1) is 16.0. The molecule has 2 heterocycles. The van der Waals surface area contributed by atoms with E-state index in [1.807, 2.05) is 22.8 Å². The van der Waals surface area contributed by atoms with Crippen molar-refractivity contribution >= 4 is 40.2 Å². The number of nitrogen functional groups attached to an aromatic ring is 2. The fourth-order valence-electron chi connectivity index (χ4n) is 3.50. The highest BCUT2D eigenvalue weighted by Gasteiger charge is 2.23. The number of thioether (sulfide) groups is 1. The van der Waals surface area contributed by atoms with Crippen LogP contribution in [0.1, 0.15) is 28.9 Å². The number of hydrogen-bond donors (Lipinski definition) is 2. The number of rotatable bonds is 3. The Morgan fingerprint density at radius 3 is 2.64 bits per heavy atom. The number of carbonyl (C=O) groups excluding carboxylic acids is 1. The minimum Gasteiger partial charge on any atom is -0.383 e. The molecule has 1 aromatic carbocycles. The van der Waals surface area contributed by atoms with Gasteiger partial charge in [0.05, 0.1) is 11.3 Å². The number of nitrogens with two attached hydrogens (primary N) is 2. The third kappa shape index (κ3) is 2.95. The normalized spacial score (nSPS) is 13.8. The third-order valence-electron chi connectivity index (χ3n) is 4.50. The lowest BCUT2D eigenvalue weighted by Gasteiger charge is -2.15.